The van der Waals surface area contributed by atoms with Crippen LogP contribution in [0.2, 0.25) is 0 Å². The predicted octanol–water partition coefficient (Wildman–Crippen LogP) is 4.05. The molecule has 2 unspecified atom stereocenters. The third-order valence-electron chi connectivity index (χ3n) is 4.69. The molecule has 98 valence electrons. The predicted molar refractivity (Wildman–Crippen MR) is 79.8 cm³/mol. The SMILES string of the molecule is CC1CN(Cc2ccccc2)C1(C)c1ccccc1. The Bertz CT molecular complexity index is 534. The van der Waals surface area contributed by atoms with Crippen LogP contribution in [0.4, 0.5) is 0 Å². The van der Waals surface area contributed by atoms with Crippen molar-refractivity contribution < 1.29 is 0 Å². The van der Waals surface area contributed by atoms with Crippen molar-refractivity contribution in [2.75, 3.05) is 6.54 Å². The average Bonchev–Trinajstić information content (AvgIpc) is 2.48. The molecule has 1 nitrogen and oxygen atoms in total. The van der Waals surface area contributed by atoms with E-state index in [2.05, 4.69) is 79.4 Å². The molecule has 2 aromatic rings. The monoisotopic (exact) mass is 251 g/mol. The topological polar surface area (TPSA) is 3.24 Å². The van der Waals surface area contributed by atoms with Crippen LogP contribution in [-0.4, -0.2) is 11.4 Å². The van der Waals surface area contributed by atoms with Gasteiger partial charge in [-0.3, -0.25) is 4.90 Å². The minimum atomic E-state index is 0.178. The summed E-state index contributed by atoms with van der Waals surface area (Å²) < 4.78 is 0. The summed E-state index contributed by atoms with van der Waals surface area (Å²) in [6.07, 6.45) is 0. The van der Waals surface area contributed by atoms with Crippen molar-refractivity contribution in [3.8, 4) is 0 Å². The Hall–Kier alpha value is -1.60. The molecular weight excluding hydrogens is 230 g/mol. The van der Waals surface area contributed by atoms with Gasteiger partial charge in [0.2, 0.25) is 0 Å². The van der Waals surface area contributed by atoms with E-state index in [1.165, 1.54) is 17.7 Å². The molecule has 1 fully saturated rings. The Morgan fingerprint density at radius 1 is 1.00 bits per heavy atom. The van der Waals surface area contributed by atoms with Gasteiger partial charge < -0.3 is 0 Å². The first-order chi connectivity index (χ1) is 9.21. The number of rotatable bonds is 3. The normalized spacial score (nSPS) is 26.9. The summed E-state index contributed by atoms with van der Waals surface area (Å²) in [5, 5.41) is 0. The van der Waals surface area contributed by atoms with Crippen molar-refractivity contribution in [1.29, 1.82) is 0 Å². The minimum Gasteiger partial charge on any atom is -0.289 e. The lowest BCUT2D eigenvalue weighted by atomic mass is 9.71. The number of hydrogen-bond donors (Lipinski definition) is 0. The molecular formula is C18H21N. The fourth-order valence-corrected chi connectivity index (χ4v) is 3.17. The van der Waals surface area contributed by atoms with E-state index in [9.17, 15) is 0 Å². The van der Waals surface area contributed by atoms with E-state index < -0.39 is 0 Å². The summed E-state index contributed by atoms with van der Waals surface area (Å²) >= 11 is 0. The van der Waals surface area contributed by atoms with Gasteiger partial charge in [-0.1, -0.05) is 67.6 Å². The molecule has 0 bridgehead atoms. The van der Waals surface area contributed by atoms with Gasteiger partial charge >= 0.3 is 0 Å². The van der Waals surface area contributed by atoms with Crippen LogP contribution in [-0.2, 0) is 12.1 Å². The summed E-state index contributed by atoms with van der Waals surface area (Å²) in [6.45, 7) is 6.95. The maximum Gasteiger partial charge on any atom is 0.0473 e. The molecule has 1 heterocycles. The van der Waals surface area contributed by atoms with Gasteiger partial charge in [0, 0.05) is 18.6 Å². The Balaban J connectivity index is 1.84. The molecule has 1 saturated heterocycles. The van der Waals surface area contributed by atoms with Gasteiger partial charge in [-0.05, 0) is 24.0 Å². The molecule has 0 amide bonds. The Morgan fingerprint density at radius 2 is 1.58 bits per heavy atom. The second kappa shape index (κ2) is 4.82. The summed E-state index contributed by atoms with van der Waals surface area (Å²) in [7, 11) is 0. The van der Waals surface area contributed by atoms with Gasteiger partial charge in [-0.25, -0.2) is 0 Å². The van der Waals surface area contributed by atoms with Crippen LogP contribution in [0.25, 0.3) is 0 Å². The van der Waals surface area contributed by atoms with Crippen molar-refractivity contribution in [3.05, 3.63) is 71.8 Å². The Morgan fingerprint density at radius 3 is 2.16 bits per heavy atom. The van der Waals surface area contributed by atoms with Crippen molar-refractivity contribution in [2.24, 2.45) is 5.92 Å². The first-order valence-electron chi connectivity index (χ1n) is 7.06. The maximum atomic E-state index is 2.59. The highest BCUT2D eigenvalue weighted by molar-refractivity contribution is 5.29. The molecule has 0 saturated carbocycles. The molecule has 0 radical (unpaired) electrons. The van der Waals surface area contributed by atoms with Crippen LogP contribution in [0.15, 0.2) is 60.7 Å². The van der Waals surface area contributed by atoms with Crippen molar-refractivity contribution >= 4 is 0 Å². The van der Waals surface area contributed by atoms with Gasteiger partial charge in [0.25, 0.3) is 0 Å². The van der Waals surface area contributed by atoms with Crippen molar-refractivity contribution in [1.82, 2.24) is 4.90 Å². The van der Waals surface area contributed by atoms with Gasteiger partial charge in [0.1, 0.15) is 0 Å². The fraction of sp³-hybridized carbons (Fsp3) is 0.333. The quantitative estimate of drug-likeness (QED) is 0.795. The smallest absolute Gasteiger partial charge is 0.0473 e. The molecule has 3 rings (SSSR count). The standard InChI is InChI=1S/C18H21N/c1-15-13-19(14-16-9-5-3-6-10-16)18(15,2)17-11-7-4-8-12-17/h3-12,15H,13-14H2,1-2H3. The molecule has 0 aromatic heterocycles. The summed E-state index contributed by atoms with van der Waals surface area (Å²) in [5.41, 5.74) is 3.01. The number of benzene rings is 2. The lowest BCUT2D eigenvalue weighted by Crippen LogP contribution is -2.61. The second-order valence-corrected chi connectivity index (χ2v) is 5.78. The number of nitrogens with zero attached hydrogens (tertiary/aromatic N) is 1. The van der Waals surface area contributed by atoms with Crippen LogP contribution in [0.5, 0.6) is 0 Å². The molecule has 0 N–H and O–H groups in total. The zero-order valence-corrected chi connectivity index (χ0v) is 11.7. The second-order valence-electron chi connectivity index (χ2n) is 5.78. The molecule has 1 aliphatic rings. The molecule has 1 aliphatic heterocycles. The van der Waals surface area contributed by atoms with E-state index >= 15 is 0 Å². The fourth-order valence-electron chi connectivity index (χ4n) is 3.17. The largest absolute Gasteiger partial charge is 0.289 e. The molecule has 0 spiro atoms. The zero-order valence-electron chi connectivity index (χ0n) is 11.7. The molecule has 2 aromatic carbocycles. The minimum absolute atomic E-state index is 0.178. The van der Waals surface area contributed by atoms with Gasteiger partial charge in [0.05, 0.1) is 0 Å². The van der Waals surface area contributed by atoms with Gasteiger partial charge in [-0.15, -0.1) is 0 Å². The van der Waals surface area contributed by atoms with Crippen molar-refractivity contribution in [2.45, 2.75) is 25.9 Å². The highest BCUT2D eigenvalue weighted by Crippen LogP contribution is 2.45. The lowest BCUT2D eigenvalue weighted by molar-refractivity contribution is -0.0729. The molecule has 2 atom stereocenters. The lowest BCUT2D eigenvalue weighted by Gasteiger charge is -2.56. The van der Waals surface area contributed by atoms with Crippen LogP contribution >= 0.6 is 0 Å². The Labute approximate surface area is 115 Å². The third kappa shape index (κ3) is 2.08. The maximum absolute atomic E-state index is 2.59. The van der Waals surface area contributed by atoms with Crippen LogP contribution in [0, 0.1) is 5.92 Å². The van der Waals surface area contributed by atoms with E-state index in [0.29, 0.717) is 5.92 Å². The van der Waals surface area contributed by atoms with Crippen LogP contribution in [0.1, 0.15) is 25.0 Å². The molecule has 0 aliphatic carbocycles. The summed E-state index contributed by atoms with van der Waals surface area (Å²) in [4.78, 5) is 2.59. The van der Waals surface area contributed by atoms with Gasteiger partial charge in [0.15, 0.2) is 0 Å². The highest BCUT2D eigenvalue weighted by Gasteiger charge is 2.47. The number of likely N-dealkylation sites (tertiary alicyclic amines) is 1. The van der Waals surface area contributed by atoms with E-state index in [0.717, 1.165) is 6.54 Å². The molecule has 1 heteroatoms. The Kier molecular flexibility index (Phi) is 3.16. The third-order valence-corrected chi connectivity index (χ3v) is 4.69. The van der Waals surface area contributed by atoms with Crippen molar-refractivity contribution in [3.63, 3.8) is 0 Å². The van der Waals surface area contributed by atoms with E-state index in [1.54, 1.807) is 0 Å². The summed E-state index contributed by atoms with van der Waals surface area (Å²) in [5.74, 6) is 0.707. The number of hydrogen-bond acceptors (Lipinski definition) is 1. The summed E-state index contributed by atoms with van der Waals surface area (Å²) in [6, 6.07) is 21.7. The van der Waals surface area contributed by atoms with E-state index in [4.69, 9.17) is 0 Å². The van der Waals surface area contributed by atoms with Gasteiger partial charge in [-0.2, -0.15) is 0 Å². The van der Waals surface area contributed by atoms with E-state index in [1.807, 2.05) is 0 Å². The van der Waals surface area contributed by atoms with Crippen LogP contribution < -0.4 is 0 Å². The van der Waals surface area contributed by atoms with E-state index in [-0.39, 0.29) is 5.54 Å². The zero-order chi connectivity index (χ0) is 13.3. The highest BCUT2D eigenvalue weighted by atomic mass is 15.3. The van der Waals surface area contributed by atoms with Crippen LogP contribution in [0.3, 0.4) is 0 Å². The first-order valence-corrected chi connectivity index (χ1v) is 7.06. The first kappa shape index (κ1) is 12.4. The average molecular weight is 251 g/mol. The molecule has 19 heavy (non-hydrogen) atoms.